The predicted molar refractivity (Wildman–Crippen MR) is 105 cm³/mol. The van der Waals surface area contributed by atoms with E-state index in [4.69, 9.17) is 0 Å². The van der Waals surface area contributed by atoms with Crippen LogP contribution in [0.4, 0.5) is 4.79 Å². The highest BCUT2D eigenvalue weighted by molar-refractivity contribution is 6.45. The lowest BCUT2D eigenvalue weighted by Gasteiger charge is -2.21. The van der Waals surface area contributed by atoms with E-state index < -0.39 is 17.8 Å². The fraction of sp³-hybridized carbons (Fsp3) is 0.545. The van der Waals surface area contributed by atoms with Crippen molar-refractivity contribution in [2.24, 2.45) is 5.92 Å². The molecular formula is C22H28N2O4. The second-order valence-electron chi connectivity index (χ2n) is 7.77. The van der Waals surface area contributed by atoms with Crippen LogP contribution in [0.2, 0.25) is 0 Å². The summed E-state index contributed by atoms with van der Waals surface area (Å²) in [6, 6.07) is 4.88. The maximum Gasteiger partial charge on any atom is 0.334 e. The number of hydrogen-bond donors (Lipinski definition) is 0. The first-order valence-electron chi connectivity index (χ1n) is 10.3. The van der Waals surface area contributed by atoms with Gasteiger partial charge in [0.15, 0.2) is 5.78 Å². The van der Waals surface area contributed by atoms with Crippen molar-refractivity contribution >= 4 is 23.6 Å². The number of benzene rings is 1. The molecule has 28 heavy (non-hydrogen) atoms. The van der Waals surface area contributed by atoms with Crippen LogP contribution in [0.1, 0.15) is 67.4 Å². The van der Waals surface area contributed by atoms with Crippen LogP contribution in [0.3, 0.4) is 0 Å². The second kappa shape index (κ2) is 8.67. The summed E-state index contributed by atoms with van der Waals surface area (Å²) in [5, 5.41) is 0. The number of fused-ring (bicyclic) bond motifs is 1. The molecule has 0 saturated carbocycles. The molecule has 1 unspecified atom stereocenters. The number of imide groups is 2. The van der Waals surface area contributed by atoms with Gasteiger partial charge in [0.2, 0.25) is 0 Å². The Morgan fingerprint density at radius 2 is 1.75 bits per heavy atom. The number of carbonyl (C=O) groups excluding carboxylic acids is 4. The number of ketones is 1. The van der Waals surface area contributed by atoms with E-state index in [9.17, 15) is 19.2 Å². The summed E-state index contributed by atoms with van der Waals surface area (Å²) in [6.45, 7) is 3.96. The molecule has 1 fully saturated rings. The van der Waals surface area contributed by atoms with Crippen molar-refractivity contribution in [2.75, 3.05) is 13.1 Å². The molecule has 0 aromatic heterocycles. The number of unbranched alkanes of at least 4 members (excludes halogenated alkanes) is 1. The van der Waals surface area contributed by atoms with Gasteiger partial charge in [-0.3, -0.25) is 19.3 Å². The van der Waals surface area contributed by atoms with Gasteiger partial charge in [-0.2, -0.15) is 0 Å². The zero-order chi connectivity index (χ0) is 20.3. The summed E-state index contributed by atoms with van der Waals surface area (Å²) in [6.07, 6.45) is 6.84. The molecule has 0 radical (unpaired) electrons. The topological polar surface area (TPSA) is 74.8 Å². The predicted octanol–water partition coefficient (Wildman–Crippen LogP) is 3.37. The van der Waals surface area contributed by atoms with Gasteiger partial charge in [-0.1, -0.05) is 45.2 Å². The standard InChI is InChI=1S/C22H28N2O4/c1-3-5-7-15(4-2)13-23-20(26)21(27)24(22(23)28)14-19(25)18-11-10-16-8-6-9-17(16)12-18/h10-12,15H,3-9,13-14H2,1-2H3. The van der Waals surface area contributed by atoms with E-state index in [1.54, 1.807) is 6.07 Å². The molecule has 3 rings (SSSR count). The minimum Gasteiger partial charge on any atom is -0.292 e. The van der Waals surface area contributed by atoms with Crippen LogP contribution in [-0.4, -0.2) is 46.5 Å². The molecule has 1 aliphatic carbocycles. The van der Waals surface area contributed by atoms with Crippen LogP contribution in [0, 0.1) is 5.92 Å². The summed E-state index contributed by atoms with van der Waals surface area (Å²) in [4.78, 5) is 51.8. The van der Waals surface area contributed by atoms with Gasteiger partial charge in [0.05, 0.1) is 6.54 Å². The lowest BCUT2D eigenvalue weighted by Crippen LogP contribution is -2.38. The Balaban J connectivity index is 1.68. The normalized spacial score (nSPS) is 17.4. The summed E-state index contributed by atoms with van der Waals surface area (Å²) in [5.74, 6) is -1.86. The van der Waals surface area contributed by atoms with Gasteiger partial charge in [0.25, 0.3) is 0 Å². The first kappa shape index (κ1) is 20.2. The summed E-state index contributed by atoms with van der Waals surface area (Å²) < 4.78 is 0. The highest BCUT2D eigenvalue weighted by Gasteiger charge is 2.45. The quantitative estimate of drug-likeness (QED) is 0.372. The molecule has 6 nitrogen and oxygen atoms in total. The average molecular weight is 384 g/mol. The molecule has 1 aliphatic heterocycles. The summed E-state index contributed by atoms with van der Waals surface area (Å²) in [7, 11) is 0. The highest BCUT2D eigenvalue weighted by Crippen LogP contribution is 2.24. The van der Waals surface area contributed by atoms with Crippen molar-refractivity contribution in [3.05, 3.63) is 34.9 Å². The van der Waals surface area contributed by atoms with Crippen molar-refractivity contribution in [1.29, 1.82) is 0 Å². The van der Waals surface area contributed by atoms with Crippen LogP contribution in [0.15, 0.2) is 18.2 Å². The molecular weight excluding hydrogens is 356 g/mol. The van der Waals surface area contributed by atoms with Crippen molar-refractivity contribution in [3.63, 3.8) is 0 Å². The Labute approximate surface area is 165 Å². The van der Waals surface area contributed by atoms with Gasteiger partial charge < -0.3 is 0 Å². The summed E-state index contributed by atoms with van der Waals surface area (Å²) in [5.41, 5.74) is 2.90. The first-order chi connectivity index (χ1) is 13.5. The largest absolute Gasteiger partial charge is 0.334 e. The highest BCUT2D eigenvalue weighted by atomic mass is 16.2. The monoisotopic (exact) mass is 384 g/mol. The molecule has 1 aromatic rings. The Morgan fingerprint density at radius 3 is 2.46 bits per heavy atom. The molecule has 1 atom stereocenters. The molecule has 0 N–H and O–H groups in total. The van der Waals surface area contributed by atoms with E-state index in [2.05, 4.69) is 6.92 Å². The van der Waals surface area contributed by atoms with E-state index in [0.717, 1.165) is 60.3 Å². The van der Waals surface area contributed by atoms with Crippen LogP contribution >= 0.6 is 0 Å². The second-order valence-corrected chi connectivity index (χ2v) is 7.77. The van der Waals surface area contributed by atoms with Gasteiger partial charge >= 0.3 is 17.8 Å². The minimum atomic E-state index is -0.898. The van der Waals surface area contributed by atoms with Crippen LogP contribution in [-0.2, 0) is 22.4 Å². The third-order valence-electron chi connectivity index (χ3n) is 5.84. The van der Waals surface area contributed by atoms with E-state index in [1.807, 2.05) is 19.1 Å². The minimum absolute atomic E-state index is 0.174. The molecule has 150 valence electrons. The fourth-order valence-corrected chi connectivity index (χ4v) is 4.01. The Morgan fingerprint density at radius 1 is 1.04 bits per heavy atom. The smallest absolute Gasteiger partial charge is 0.292 e. The maximum atomic E-state index is 12.7. The number of Topliss-reactive ketones (excluding diaryl/α,β-unsaturated/α-hetero) is 1. The van der Waals surface area contributed by atoms with Crippen molar-refractivity contribution in [2.45, 2.75) is 58.8 Å². The number of nitrogens with zero attached hydrogens (tertiary/aromatic N) is 2. The van der Waals surface area contributed by atoms with Crippen molar-refractivity contribution in [1.82, 2.24) is 9.80 Å². The third-order valence-corrected chi connectivity index (χ3v) is 5.84. The molecule has 6 heteroatoms. The molecule has 0 bridgehead atoms. The number of carbonyl (C=O) groups is 4. The van der Waals surface area contributed by atoms with Gasteiger partial charge in [-0.05, 0) is 48.8 Å². The van der Waals surface area contributed by atoms with Crippen LogP contribution in [0.25, 0.3) is 0 Å². The third kappa shape index (κ3) is 4.01. The molecule has 2 aliphatic rings. The van der Waals surface area contributed by atoms with Crippen molar-refractivity contribution < 1.29 is 19.2 Å². The number of urea groups is 1. The number of aryl methyl sites for hydroxylation is 2. The number of rotatable bonds is 9. The SMILES string of the molecule is CCCCC(CC)CN1C(=O)C(=O)N(CC(=O)c2ccc3c(c2)CCC3)C1=O. The molecule has 1 heterocycles. The Kier molecular flexibility index (Phi) is 6.27. The molecule has 0 spiro atoms. The van der Waals surface area contributed by atoms with E-state index in [0.29, 0.717) is 5.56 Å². The fourth-order valence-electron chi connectivity index (χ4n) is 4.01. The van der Waals surface area contributed by atoms with Gasteiger partial charge in [0, 0.05) is 12.1 Å². The van der Waals surface area contributed by atoms with Gasteiger partial charge in [-0.25, -0.2) is 9.69 Å². The van der Waals surface area contributed by atoms with Gasteiger partial charge in [0.1, 0.15) is 0 Å². The van der Waals surface area contributed by atoms with Crippen LogP contribution in [0.5, 0.6) is 0 Å². The first-order valence-corrected chi connectivity index (χ1v) is 10.3. The summed E-state index contributed by atoms with van der Waals surface area (Å²) >= 11 is 0. The zero-order valence-electron chi connectivity index (χ0n) is 16.7. The molecule has 1 aromatic carbocycles. The van der Waals surface area contributed by atoms with Crippen LogP contribution < -0.4 is 0 Å². The zero-order valence-corrected chi connectivity index (χ0v) is 16.7. The Bertz CT molecular complexity index is 802. The maximum absolute atomic E-state index is 12.7. The number of amides is 4. The van der Waals surface area contributed by atoms with Crippen molar-refractivity contribution in [3.8, 4) is 0 Å². The molecule has 4 amide bonds. The van der Waals surface area contributed by atoms with E-state index in [1.165, 1.54) is 5.56 Å². The lowest BCUT2D eigenvalue weighted by molar-refractivity contribution is -0.143. The lowest BCUT2D eigenvalue weighted by atomic mass is 9.99. The molecule has 1 saturated heterocycles. The van der Waals surface area contributed by atoms with Gasteiger partial charge in [-0.15, -0.1) is 0 Å². The van der Waals surface area contributed by atoms with E-state index >= 15 is 0 Å². The average Bonchev–Trinajstić information content (AvgIpc) is 3.24. The van der Waals surface area contributed by atoms with E-state index in [-0.39, 0.29) is 24.8 Å². The Hall–Kier alpha value is -2.50. The number of hydrogen-bond acceptors (Lipinski definition) is 4.